The van der Waals surface area contributed by atoms with E-state index in [0.29, 0.717) is 0 Å². The van der Waals surface area contributed by atoms with Crippen LogP contribution >= 0.6 is 23.2 Å². The molecule has 0 radical (unpaired) electrons. The smallest absolute Gasteiger partial charge is 0.343 e. The van der Waals surface area contributed by atoms with E-state index in [0.717, 1.165) is 0 Å². The minimum Gasteiger partial charge on any atom is -0.494 e. The highest BCUT2D eigenvalue weighted by Crippen LogP contribution is 2.34. The summed E-state index contributed by atoms with van der Waals surface area (Å²) in [6.45, 7) is -0.126. The molecule has 1 aliphatic heterocycles. The lowest BCUT2D eigenvalue weighted by atomic mass is 10.1. The van der Waals surface area contributed by atoms with Crippen LogP contribution < -0.4 is 4.74 Å². The summed E-state index contributed by atoms with van der Waals surface area (Å²) in [5.74, 6) is -0.591. The molecule has 122 valence electrons. The number of esters is 1. The maximum atomic E-state index is 12.2. The summed E-state index contributed by atoms with van der Waals surface area (Å²) in [5, 5.41) is 19.4. The molecule has 0 amide bonds. The Hall–Kier alpha value is -1.05. The average Bonchev–Trinajstić information content (AvgIpc) is 2.45. The summed E-state index contributed by atoms with van der Waals surface area (Å²) in [6, 6.07) is 2.98. The summed E-state index contributed by atoms with van der Waals surface area (Å²) in [5.41, 5.74) is 0.0218. The number of carbonyl (C=O) groups is 1. The third-order valence-electron chi connectivity index (χ3n) is 3.23. The molecule has 0 bridgehead atoms. The predicted molar refractivity (Wildman–Crippen MR) is 79.4 cm³/mol. The van der Waals surface area contributed by atoms with Crippen LogP contribution in [-0.2, 0) is 9.47 Å². The maximum Gasteiger partial charge on any atom is 0.343 e. The Balaban J connectivity index is 2.05. The van der Waals surface area contributed by atoms with Crippen molar-refractivity contribution in [2.45, 2.75) is 31.3 Å². The molecular formula is C14H16Cl2O6. The fourth-order valence-corrected chi connectivity index (χ4v) is 2.70. The van der Waals surface area contributed by atoms with Crippen molar-refractivity contribution < 1.29 is 29.2 Å². The van der Waals surface area contributed by atoms with E-state index in [1.807, 2.05) is 0 Å². The van der Waals surface area contributed by atoms with Crippen LogP contribution in [0.15, 0.2) is 12.1 Å². The van der Waals surface area contributed by atoms with Crippen LogP contribution in [0.5, 0.6) is 5.75 Å². The molecule has 0 aromatic heterocycles. The average molecular weight is 351 g/mol. The van der Waals surface area contributed by atoms with Crippen molar-refractivity contribution in [3.63, 3.8) is 0 Å². The Morgan fingerprint density at radius 2 is 2.00 bits per heavy atom. The van der Waals surface area contributed by atoms with Gasteiger partial charge >= 0.3 is 5.97 Å². The van der Waals surface area contributed by atoms with E-state index in [-0.39, 0.29) is 40.8 Å². The summed E-state index contributed by atoms with van der Waals surface area (Å²) >= 11 is 11.9. The second-order valence-electron chi connectivity index (χ2n) is 4.87. The van der Waals surface area contributed by atoms with E-state index in [9.17, 15) is 15.0 Å². The fraction of sp³-hybridized carbons (Fsp3) is 0.500. The number of aliphatic hydroxyl groups excluding tert-OH is 2. The minimum absolute atomic E-state index is 0.0218. The highest BCUT2D eigenvalue weighted by molar-refractivity contribution is 6.37. The normalized spacial score (nSPS) is 24.9. The van der Waals surface area contributed by atoms with Crippen LogP contribution in [0.4, 0.5) is 0 Å². The first-order chi connectivity index (χ1) is 10.4. The zero-order valence-corrected chi connectivity index (χ0v) is 13.3. The zero-order chi connectivity index (χ0) is 16.3. The van der Waals surface area contributed by atoms with Crippen LogP contribution in [0, 0.1) is 0 Å². The standard InChI is InChI=1S/C14H16Cl2O6/c1-20-13-10(16)3-2-9(15)12(13)14(19)21-6-8-4-7(17)5-11(18)22-8/h2-3,7-8,11,17-18H,4-6H2,1H3. The Kier molecular flexibility index (Phi) is 5.88. The van der Waals surface area contributed by atoms with Gasteiger partial charge in [0.05, 0.1) is 29.4 Å². The van der Waals surface area contributed by atoms with Gasteiger partial charge in [-0.25, -0.2) is 4.79 Å². The van der Waals surface area contributed by atoms with Crippen molar-refractivity contribution in [2.24, 2.45) is 0 Å². The van der Waals surface area contributed by atoms with Crippen molar-refractivity contribution in [3.05, 3.63) is 27.7 Å². The number of aliphatic hydroxyl groups is 2. The van der Waals surface area contributed by atoms with Gasteiger partial charge in [-0.3, -0.25) is 0 Å². The summed E-state index contributed by atoms with van der Waals surface area (Å²) in [6.07, 6.45) is -1.96. The van der Waals surface area contributed by atoms with E-state index in [1.54, 1.807) is 0 Å². The van der Waals surface area contributed by atoms with Gasteiger partial charge in [0, 0.05) is 12.8 Å². The molecular weight excluding hydrogens is 335 g/mol. The third kappa shape index (κ3) is 4.02. The lowest BCUT2D eigenvalue weighted by Gasteiger charge is -2.29. The van der Waals surface area contributed by atoms with Crippen LogP contribution in [0.3, 0.4) is 0 Å². The van der Waals surface area contributed by atoms with Gasteiger partial charge in [-0.15, -0.1) is 0 Å². The second-order valence-corrected chi connectivity index (χ2v) is 5.69. The zero-order valence-electron chi connectivity index (χ0n) is 11.8. The lowest BCUT2D eigenvalue weighted by Crippen LogP contribution is -2.38. The molecule has 1 aromatic rings. The Morgan fingerprint density at radius 1 is 1.32 bits per heavy atom. The Morgan fingerprint density at radius 3 is 2.64 bits per heavy atom. The number of ether oxygens (including phenoxy) is 3. The van der Waals surface area contributed by atoms with Crippen molar-refractivity contribution >= 4 is 29.2 Å². The molecule has 1 fully saturated rings. The summed E-state index contributed by atoms with van der Waals surface area (Å²) in [4.78, 5) is 12.2. The Bertz CT molecular complexity index is 540. The van der Waals surface area contributed by atoms with Gasteiger partial charge in [-0.2, -0.15) is 0 Å². The molecule has 2 N–H and O–H groups in total. The van der Waals surface area contributed by atoms with Crippen LogP contribution in [0.2, 0.25) is 10.0 Å². The highest BCUT2D eigenvalue weighted by atomic mass is 35.5. The Labute approximate surface area is 137 Å². The number of rotatable bonds is 4. The van der Waals surface area contributed by atoms with E-state index in [4.69, 9.17) is 37.4 Å². The van der Waals surface area contributed by atoms with E-state index in [2.05, 4.69) is 0 Å². The van der Waals surface area contributed by atoms with E-state index < -0.39 is 24.5 Å². The largest absolute Gasteiger partial charge is 0.494 e. The maximum absolute atomic E-state index is 12.2. The van der Waals surface area contributed by atoms with E-state index in [1.165, 1.54) is 19.2 Å². The summed E-state index contributed by atoms with van der Waals surface area (Å²) in [7, 11) is 1.37. The lowest BCUT2D eigenvalue weighted by molar-refractivity contribution is -0.197. The molecule has 0 aliphatic carbocycles. The van der Waals surface area contributed by atoms with Gasteiger partial charge in [0.1, 0.15) is 12.2 Å². The number of halogens is 2. The molecule has 2 rings (SSSR count). The fourth-order valence-electron chi connectivity index (χ4n) is 2.24. The van der Waals surface area contributed by atoms with Gasteiger partial charge < -0.3 is 24.4 Å². The number of hydrogen-bond donors (Lipinski definition) is 2. The van der Waals surface area contributed by atoms with Crippen LogP contribution in [0.1, 0.15) is 23.2 Å². The topological polar surface area (TPSA) is 85.2 Å². The molecule has 0 spiro atoms. The predicted octanol–water partition coefficient (Wildman–Crippen LogP) is 2.02. The molecule has 8 heteroatoms. The molecule has 1 heterocycles. The third-order valence-corrected chi connectivity index (χ3v) is 3.84. The van der Waals surface area contributed by atoms with Gasteiger partial charge in [-0.05, 0) is 12.1 Å². The van der Waals surface area contributed by atoms with Crippen LogP contribution in [-0.4, -0.2) is 48.4 Å². The molecule has 1 aromatic carbocycles. The summed E-state index contributed by atoms with van der Waals surface area (Å²) < 4.78 is 15.4. The van der Waals surface area contributed by atoms with E-state index >= 15 is 0 Å². The first kappa shape index (κ1) is 17.3. The molecule has 1 aliphatic rings. The monoisotopic (exact) mass is 350 g/mol. The molecule has 3 unspecified atom stereocenters. The van der Waals surface area contributed by atoms with Crippen molar-refractivity contribution in [1.29, 1.82) is 0 Å². The highest BCUT2D eigenvalue weighted by Gasteiger charge is 2.29. The molecule has 0 saturated carbocycles. The first-order valence-electron chi connectivity index (χ1n) is 6.63. The van der Waals surface area contributed by atoms with Crippen LogP contribution in [0.25, 0.3) is 0 Å². The first-order valence-corrected chi connectivity index (χ1v) is 7.38. The number of carbonyl (C=O) groups excluding carboxylic acids is 1. The number of methoxy groups -OCH3 is 1. The number of hydrogen-bond acceptors (Lipinski definition) is 6. The van der Waals surface area contributed by atoms with Crippen molar-refractivity contribution in [1.82, 2.24) is 0 Å². The second kappa shape index (κ2) is 7.48. The quantitative estimate of drug-likeness (QED) is 0.808. The van der Waals surface area contributed by atoms with Crippen molar-refractivity contribution in [2.75, 3.05) is 13.7 Å². The molecule has 3 atom stereocenters. The van der Waals surface area contributed by atoms with Gasteiger partial charge in [0.2, 0.25) is 0 Å². The molecule has 6 nitrogen and oxygen atoms in total. The minimum atomic E-state index is -1.07. The number of benzene rings is 1. The van der Waals surface area contributed by atoms with Crippen molar-refractivity contribution in [3.8, 4) is 5.75 Å². The molecule has 22 heavy (non-hydrogen) atoms. The van der Waals surface area contributed by atoms with Gasteiger partial charge in [0.25, 0.3) is 0 Å². The van der Waals surface area contributed by atoms with Gasteiger partial charge in [0.15, 0.2) is 12.0 Å². The molecule has 1 saturated heterocycles. The van der Waals surface area contributed by atoms with Gasteiger partial charge in [-0.1, -0.05) is 23.2 Å². The SMILES string of the molecule is COc1c(Cl)ccc(Cl)c1C(=O)OCC1CC(O)CC(O)O1.